The lowest BCUT2D eigenvalue weighted by Crippen LogP contribution is -2.35. The third-order valence-electron chi connectivity index (χ3n) is 4.77. The van der Waals surface area contributed by atoms with Crippen LogP contribution >= 0.6 is 0 Å². The van der Waals surface area contributed by atoms with Gasteiger partial charge in [-0.25, -0.2) is 0 Å². The van der Waals surface area contributed by atoms with Gasteiger partial charge in [-0.3, -0.25) is 14.4 Å². The Hall–Kier alpha value is -4.33. The summed E-state index contributed by atoms with van der Waals surface area (Å²) in [5.74, 6) is -0.499. The van der Waals surface area contributed by atoms with Crippen LogP contribution in [0.3, 0.4) is 0 Å². The first-order valence-corrected chi connectivity index (χ1v) is 10.6. The number of methoxy groups -OCH3 is 1. The van der Waals surface area contributed by atoms with Gasteiger partial charge in [-0.1, -0.05) is 36.4 Å². The van der Waals surface area contributed by atoms with Crippen molar-refractivity contribution in [3.05, 3.63) is 90.0 Å². The van der Waals surface area contributed by atoms with Gasteiger partial charge in [0.25, 0.3) is 11.8 Å². The molecular formula is C26H26N2O6. The van der Waals surface area contributed by atoms with Crippen LogP contribution in [0.1, 0.15) is 22.8 Å². The zero-order valence-electron chi connectivity index (χ0n) is 18.9. The average Bonchev–Trinajstić information content (AvgIpc) is 2.87. The fraction of sp³-hybridized carbons (Fsp3) is 0.192. The lowest BCUT2D eigenvalue weighted by molar-refractivity contribution is -0.152. The van der Waals surface area contributed by atoms with Crippen LogP contribution in [-0.4, -0.2) is 37.5 Å². The molecule has 3 aromatic carbocycles. The third-order valence-corrected chi connectivity index (χ3v) is 4.77. The summed E-state index contributed by atoms with van der Waals surface area (Å²) in [4.78, 5) is 36.6. The predicted octanol–water partition coefficient (Wildman–Crippen LogP) is 3.57. The molecule has 2 amide bonds. The summed E-state index contributed by atoms with van der Waals surface area (Å²) in [6, 6.07) is 23.2. The number of hydrogen-bond donors (Lipinski definition) is 2. The summed E-state index contributed by atoms with van der Waals surface area (Å²) < 4.78 is 15.9. The van der Waals surface area contributed by atoms with Gasteiger partial charge in [-0.05, 0) is 55.0 Å². The second-order valence-electron chi connectivity index (χ2n) is 7.33. The molecule has 1 atom stereocenters. The number of carbonyl (C=O) groups is 3. The van der Waals surface area contributed by atoms with E-state index in [1.807, 2.05) is 30.3 Å². The number of benzene rings is 3. The van der Waals surface area contributed by atoms with Crippen LogP contribution in [0.25, 0.3) is 0 Å². The van der Waals surface area contributed by atoms with E-state index in [4.69, 9.17) is 14.2 Å². The third kappa shape index (κ3) is 7.37. The molecule has 0 spiro atoms. The Morgan fingerprint density at radius 1 is 0.882 bits per heavy atom. The second kappa shape index (κ2) is 12.1. The molecule has 0 aliphatic carbocycles. The van der Waals surface area contributed by atoms with Crippen LogP contribution in [0.2, 0.25) is 0 Å². The molecule has 2 N–H and O–H groups in total. The summed E-state index contributed by atoms with van der Waals surface area (Å²) in [5.41, 5.74) is 1.93. The highest BCUT2D eigenvalue weighted by atomic mass is 16.5. The maximum absolute atomic E-state index is 12.4. The number of hydrogen-bond acceptors (Lipinski definition) is 6. The first-order valence-electron chi connectivity index (χ1n) is 10.6. The Balaban J connectivity index is 1.42. The number of amides is 2. The number of rotatable bonds is 10. The van der Waals surface area contributed by atoms with Gasteiger partial charge < -0.3 is 24.8 Å². The minimum atomic E-state index is -1.05. The summed E-state index contributed by atoms with van der Waals surface area (Å²) in [6.45, 7) is 1.52. The number of ether oxygens (including phenoxy) is 3. The second-order valence-corrected chi connectivity index (χ2v) is 7.33. The average molecular weight is 463 g/mol. The van der Waals surface area contributed by atoms with Crippen LogP contribution in [0, 0.1) is 0 Å². The van der Waals surface area contributed by atoms with Crippen LogP contribution in [-0.2, 0) is 20.9 Å². The van der Waals surface area contributed by atoms with Crippen molar-refractivity contribution in [1.82, 2.24) is 5.32 Å². The first-order chi connectivity index (χ1) is 16.4. The van der Waals surface area contributed by atoms with Crippen molar-refractivity contribution in [2.45, 2.75) is 19.6 Å². The molecule has 3 rings (SSSR count). The molecule has 3 aromatic rings. The van der Waals surface area contributed by atoms with Crippen molar-refractivity contribution >= 4 is 23.5 Å². The molecule has 1 unspecified atom stereocenters. The molecule has 0 bridgehead atoms. The van der Waals surface area contributed by atoms with Gasteiger partial charge in [0.05, 0.1) is 7.11 Å². The molecule has 0 fully saturated rings. The molecular weight excluding hydrogens is 436 g/mol. The highest BCUT2D eigenvalue weighted by Gasteiger charge is 2.19. The molecule has 0 aromatic heterocycles. The van der Waals surface area contributed by atoms with E-state index in [1.165, 1.54) is 14.0 Å². The number of carbonyl (C=O) groups excluding carboxylic acids is 3. The van der Waals surface area contributed by atoms with Gasteiger partial charge in [-0.2, -0.15) is 0 Å². The van der Waals surface area contributed by atoms with E-state index in [0.717, 1.165) is 5.56 Å². The Bertz CT molecular complexity index is 1120. The number of nitrogens with one attached hydrogen (secondary N) is 2. The van der Waals surface area contributed by atoms with Crippen molar-refractivity contribution in [2.75, 3.05) is 19.0 Å². The molecule has 8 nitrogen and oxygen atoms in total. The van der Waals surface area contributed by atoms with Crippen molar-refractivity contribution in [2.24, 2.45) is 0 Å². The number of esters is 1. The molecule has 176 valence electrons. The Morgan fingerprint density at radius 3 is 2.32 bits per heavy atom. The zero-order valence-corrected chi connectivity index (χ0v) is 18.9. The van der Waals surface area contributed by atoms with Crippen molar-refractivity contribution < 1.29 is 28.6 Å². The monoisotopic (exact) mass is 462 g/mol. The predicted molar refractivity (Wildman–Crippen MR) is 127 cm³/mol. The minimum absolute atomic E-state index is 0.342. The largest absolute Gasteiger partial charge is 0.497 e. The van der Waals surface area contributed by atoms with Crippen LogP contribution < -0.4 is 20.1 Å². The molecule has 0 aliphatic heterocycles. The highest BCUT2D eigenvalue weighted by molar-refractivity contribution is 5.97. The Kier molecular flexibility index (Phi) is 8.62. The van der Waals surface area contributed by atoms with Gasteiger partial charge in [0.1, 0.15) is 24.7 Å². The van der Waals surface area contributed by atoms with E-state index in [2.05, 4.69) is 10.6 Å². The maximum atomic E-state index is 12.4. The SMILES string of the molecule is COc1cccc(C(=O)NCC(=O)OC(C)C(=O)Nc2ccc(OCc3ccccc3)cc2)c1. The smallest absolute Gasteiger partial charge is 0.326 e. The normalized spacial score (nSPS) is 11.1. The van der Waals surface area contributed by atoms with E-state index < -0.39 is 23.9 Å². The highest BCUT2D eigenvalue weighted by Crippen LogP contribution is 2.17. The minimum Gasteiger partial charge on any atom is -0.497 e. The van der Waals surface area contributed by atoms with Crippen molar-refractivity contribution in [1.29, 1.82) is 0 Å². The standard InChI is InChI=1S/C26H26N2O6/c1-18(34-24(29)16-27-26(31)20-9-6-10-23(15-20)32-2)25(30)28-21-11-13-22(14-12-21)33-17-19-7-4-3-5-8-19/h3-15,18H,16-17H2,1-2H3,(H,27,31)(H,28,30). The van der Waals surface area contributed by atoms with E-state index in [-0.39, 0.29) is 6.54 Å². The fourth-order valence-electron chi connectivity index (χ4n) is 2.93. The Labute approximate surface area is 197 Å². The molecule has 0 radical (unpaired) electrons. The Morgan fingerprint density at radius 2 is 1.62 bits per heavy atom. The van der Waals surface area contributed by atoms with Gasteiger partial charge in [0.15, 0.2) is 6.10 Å². The molecule has 34 heavy (non-hydrogen) atoms. The van der Waals surface area contributed by atoms with Gasteiger partial charge in [0, 0.05) is 11.3 Å². The summed E-state index contributed by atoms with van der Waals surface area (Å²) in [7, 11) is 1.50. The zero-order chi connectivity index (χ0) is 24.3. The van der Waals surface area contributed by atoms with Crippen molar-refractivity contribution in [3.63, 3.8) is 0 Å². The van der Waals surface area contributed by atoms with E-state index >= 15 is 0 Å². The fourth-order valence-corrected chi connectivity index (χ4v) is 2.93. The van der Waals surface area contributed by atoms with Crippen LogP contribution in [0.4, 0.5) is 5.69 Å². The molecule has 8 heteroatoms. The van der Waals surface area contributed by atoms with E-state index in [0.29, 0.717) is 29.4 Å². The van der Waals surface area contributed by atoms with Crippen LogP contribution in [0.15, 0.2) is 78.9 Å². The van der Waals surface area contributed by atoms with E-state index in [9.17, 15) is 14.4 Å². The molecule has 0 heterocycles. The topological polar surface area (TPSA) is 103 Å². The molecule has 0 saturated heterocycles. The van der Waals surface area contributed by atoms with Crippen molar-refractivity contribution in [3.8, 4) is 11.5 Å². The van der Waals surface area contributed by atoms with Crippen LogP contribution in [0.5, 0.6) is 11.5 Å². The summed E-state index contributed by atoms with van der Waals surface area (Å²) in [6.07, 6.45) is -1.05. The molecule has 0 aliphatic rings. The first kappa shape index (κ1) is 24.3. The van der Waals surface area contributed by atoms with Gasteiger partial charge >= 0.3 is 5.97 Å². The number of anilines is 1. The summed E-state index contributed by atoms with van der Waals surface area (Å²) in [5, 5.41) is 5.14. The lowest BCUT2D eigenvalue weighted by Gasteiger charge is -2.14. The quantitative estimate of drug-likeness (QED) is 0.447. The molecule has 0 saturated carbocycles. The van der Waals surface area contributed by atoms with Gasteiger partial charge in [-0.15, -0.1) is 0 Å². The lowest BCUT2D eigenvalue weighted by atomic mass is 10.2. The summed E-state index contributed by atoms with van der Waals surface area (Å²) >= 11 is 0. The van der Waals surface area contributed by atoms with Gasteiger partial charge in [0.2, 0.25) is 0 Å². The maximum Gasteiger partial charge on any atom is 0.326 e. The van der Waals surface area contributed by atoms with E-state index in [1.54, 1.807) is 48.5 Å².